The molecule has 1 aliphatic heterocycles. The highest BCUT2D eigenvalue weighted by Gasteiger charge is 2.28. The van der Waals surface area contributed by atoms with E-state index in [4.69, 9.17) is 0 Å². The van der Waals surface area contributed by atoms with Crippen molar-refractivity contribution in [2.45, 2.75) is 12.2 Å². The highest BCUT2D eigenvalue weighted by atomic mass is 79.9. The fourth-order valence-electron chi connectivity index (χ4n) is 2.10. The molecular weight excluding hydrogens is 384 g/mol. The molecule has 1 aromatic rings. The van der Waals surface area contributed by atoms with E-state index in [0.29, 0.717) is 23.1 Å². The van der Waals surface area contributed by atoms with E-state index in [1.165, 1.54) is 8.99 Å². The standard InChI is InChI=1S/C10H17BrN4O4S2/c1-14-7-9(11)10(13-14)8-20(16,17)12-3-5-15-4-2-6-21(15,18)19/h7,12H,2-6,8H2,1H3. The lowest BCUT2D eigenvalue weighted by Gasteiger charge is -2.14. The van der Waals surface area contributed by atoms with Crippen molar-refractivity contribution in [2.75, 3.05) is 25.4 Å². The number of halogens is 1. The van der Waals surface area contributed by atoms with Crippen molar-refractivity contribution in [1.29, 1.82) is 0 Å². The van der Waals surface area contributed by atoms with Crippen LogP contribution in [0.15, 0.2) is 10.7 Å². The normalized spacial score (nSPS) is 19.1. The summed E-state index contributed by atoms with van der Waals surface area (Å²) < 4.78 is 52.9. The molecule has 2 heterocycles. The van der Waals surface area contributed by atoms with Crippen molar-refractivity contribution in [1.82, 2.24) is 18.8 Å². The molecule has 1 saturated heterocycles. The topological polar surface area (TPSA) is 101 Å². The average molecular weight is 401 g/mol. The second-order valence-corrected chi connectivity index (χ2v) is 9.57. The van der Waals surface area contributed by atoms with Gasteiger partial charge in [0.05, 0.1) is 15.9 Å². The van der Waals surface area contributed by atoms with Crippen molar-refractivity contribution in [3.05, 3.63) is 16.4 Å². The Kier molecular flexibility index (Phi) is 5.08. The first-order valence-electron chi connectivity index (χ1n) is 6.33. The van der Waals surface area contributed by atoms with E-state index in [9.17, 15) is 16.8 Å². The number of nitrogens with one attached hydrogen (secondary N) is 1. The Balaban J connectivity index is 1.89. The maximum Gasteiger partial charge on any atom is 0.217 e. The maximum atomic E-state index is 11.9. The summed E-state index contributed by atoms with van der Waals surface area (Å²) in [6, 6.07) is 0. The van der Waals surface area contributed by atoms with Crippen LogP contribution in [0, 0.1) is 0 Å². The third kappa shape index (κ3) is 4.49. The van der Waals surface area contributed by atoms with E-state index in [1.807, 2.05) is 0 Å². The number of hydrogen-bond donors (Lipinski definition) is 1. The first-order valence-corrected chi connectivity index (χ1v) is 10.4. The molecule has 0 atom stereocenters. The van der Waals surface area contributed by atoms with Crippen LogP contribution in [-0.4, -0.2) is 56.3 Å². The van der Waals surface area contributed by atoms with Crippen LogP contribution in [0.4, 0.5) is 0 Å². The summed E-state index contributed by atoms with van der Waals surface area (Å²) >= 11 is 3.24. The molecule has 8 nitrogen and oxygen atoms in total. The van der Waals surface area contributed by atoms with Gasteiger partial charge in [-0.2, -0.15) is 5.10 Å². The molecule has 21 heavy (non-hydrogen) atoms. The van der Waals surface area contributed by atoms with Crippen LogP contribution in [0.3, 0.4) is 0 Å². The number of nitrogens with zero attached hydrogens (tertiary/aromatic N) is 3. The van der Waals surface area contributed by atoms with Crippen molar-refractivity contribution in [2.24, 2.45) is 7.05 Å². The number of hydrogen-bond acceptors (Lipinski definition) is 5. The lowest BCUT2D eigenvalue weighted by molar-refractivity contribution is 0.444. The van der Waals surface area contributed by atoms with E-state index >= 15 is 0 Å². The number of rotatable bonds is 6. The van der Waals surface area contributed by atoms with Gasteiger partial charge in [0.25, 0.3) is 0 Å². The van der Waals surface area contributed by atoms with E-state index < -0.39 is 20.0 Å². The third-order valence-corrected chi connectivity index (χ3v) is 6.98. The first kappa shape index (κ1) is 16.9. The SMILES string of the molecule is Cn1cc(Br)c(CS(=O)(=O)NCCN2CCCS2(=O)=O)n1. The minimum Gasteiger partial charge on any atom is -0.274 e. The van der Waals surface area contributed by atoms with Gasteiger partial charge < -0.3 is 0 Å². The van der Waals surface area contributed by atoms with Gasteiger partial charge >= 0.3 is 0 Å². The van der Waals surface area contributed by atoms with Crippen LogP contribution in [0.2, 0.25) is 0 Å². The summed E-state index contributed by atoms with van der Waals surface area (Å²) in [5.41, 5.74) is 0.416. The molecule has 1 N–H and O–H groups in total. The van der Waals surface area contributed by atoms with Gasteiger partial charge in [-0.25, -0.2) is 25.9 Å². The summed E-state index contributed by atoms with van der Waals surface area (Å²) in [6.07, 6.45) is 2.26. The number of aryl methyl sites for hydroxylation is 1. The van der Waals surface area contributed by atoms with E-state index in [1.54, 1.807) is 13.2 Å². The second kappa shape index (κ2) is 6.32. The van der Waals surface area contributed by atoms with Gasteiger partial charge in [-0.1, -0.05) is 0 Å². The fourth-order valence-corrected chi connectivity index (χ4v) is 5.41. The Hall–Kier alpha value is -0.490. The molecule has 0 bridgehead atoms. The molecule has 0 amide bonds. The minimum atomic E-state index is -3.55. The van der Waals surface area contributed by atoms with Crippen LogP contribution in [-0.2, 0) is 32.8 Å². The molecule has 0 unspecified atom stereocenters. The molecule has 0 radical (unpaired) electrons. The molecule has 1 aromatic heterocycles. The van der Waals surface area contributed by atoms with Crippen LogP contribution in [0.5, 0.6) is 0 Å². The van der Waals surface area contributed by atoms with E-state index in [-0.39, 0.29) is 24.6 Å². The lowest BCUT2D eigenvalue weighted by atomic mass is 10.5. The summed E-state index contributed by atoms with van der Waals surface area (Å²) in [5.74, 6) is -0.109. The van der Waals surface area contributed by atoms with Gasteiger partial charge in [0.15, 0.2) is 0 Å². The van der Waals surface area contributed by atoms with Crippen LogP contribution >= 0.6 is 15.9 Å². The first-order chi connectivity index (χ1) is 9.70. The van der Waals surface area contributed by atoms with Crippen molar-refractivity contribution < 1.29 is 16.8 Å². The number of sulfonamides is 2. The molecule has 0 aromatic carbocycles. The molecular formula is C10H17BrN4O4S2. The minimum absolute atomic E-state index is 0.0615. The number of aromatic nitrogens is 2. The zero-order valence-electron chi connectivity index (χ0n) is 11.5. The van der Waals surface area contributed by atoms with E-state index in [2.05, 4.69) is 25.8 Å². The van der Waals surface area contributed by atoms with Crippen molar-refractivity contribution in [3.63, 3.8) is 0 Å². The molecule has 120 valence electrons. The fraction of sp³-hybridized carbons (Fsp3) is 0.700. The van der Waals surface area contributed by atoms with E-state index in [0.717, 1.165) is 0 Å². The van der Waals surface area contributed by atoms with Crippen LogP contribution in [0.25, 0.3) is 0 Å². The molecule has 2 rings (SSSR count). The zero-order chi connectivity index (χ0) is 15.7. The molecule has 1 fully saturated rings. The van der Waals surface area contributed by atoms with Gasteiger partial charge in [-0.15, -0.1) is 0 Å². The molecule has 1 aliphatic rings. The predicted octanol–water partition coefficient (Wildman–Crippen LogP) is -0.362. The monoisotopic (exact) mass is 400 g/mol. The third-order valence-electron chi connectivity index (χ3n) is 3.07. The molecule has 0 saturated carbocycles. The highest BCUT2D eigenvalue weighted by Crippen LogP contribution is 2.16. The summed E-state index contributed by atoms with van der Waals surface area (Å²) in [4.78, 5) is 0. The van der Waals surface area contributed by atoms with Gasteiger partial charge in [-0.05, 0) is 22.4 Å². The molecule has 11 heteroatoms. The quantitative estimate of drug-likeness (QED) is 0.702. The Morgan fingerprint density at radius 2 is 2.19 bits per heavy atom. The summed E-state index contributed by atoms with van der Waals surface area (Å²) in [7, 11) is -5.04. The zero-order valence-corrected chi connectivity index (χ0v) is 14.7. The smallest absolute Gasteiger partial charge is 0.217 e. The Bertz CT molecular complexity index is 713. The van der Waals surface area contributed by atoms with Crippen molar-refractivity contribution >= 4 is 36.0 Å². The maximum absolute atomic E-state index is 11.9. The Labute approximate surface area is 132 Å². The molecule has 0 spiro atoms. The predicted molar refractivity (Wildman–Crippen MR) is 81.5 cm³/mol. The summed E-state index contributed by atoms with van der Waals surface area (Å²) in [6.45, 7) is 0.673. The largest absolute Gasteiger partial charge is 0.274 e. The van der Waals surface area contributed by atoms with Crippen molar-refractivity contribution in [3.8, 4) is 0 Å². The second-order valence-electron chi connectivity index (χ2n) is 4.82. The van der Waals surface area contributed by atoms with Gasteiger partial charge in [0.2, 0.25) is 20.0 Å². The van der Waals surface area contributed by atoms with Crippen LogP contribution < -0.4 is 4.72 Å². The lowest BCUT2D eigenvalue weighted by Crippen LogP contribution is -2.36. The average Bonchev–Trinajstić information content (AvgIpc) is 2.81. The van der Waals surface area contributed by atoms with Gasteiger partial charge in [-0.3, -0.25) is 4.68 Å². The van der Waals surface area contributed by atoms with Crippen LogP contribution in [0.1, 0.15) is 12.1 Å². The Morgan fingerprint density at radius 3 is 2.71 bits per heavy atom. The molecule has 0 aliphatic carbocycles. The highest BCUT2D eigenvalue weighted by molar-refractivity contribution is 9.10. The summed E-state index contributed by atoms with van der Waals surface area (Å²) in [5, 5.41) is 4.05. The van der Waals surface area contributed by atoms with Gasteiger partial charge in [0, 0.05) is 32.9 Å². The Morgan fingerprint density at radius 1 is 1.48 bits per heavy atom. The van der Waals surface area contributed by atoms with Gasteiger partial charge in [0.1, 0.15) is 5.75 Å².